The van der Waals surface area contributed by atoms with E-state index in [9.17, 15) is 13.2 Å². The molecule has 0 aromatic heterocycles. The van der Waals surface area contributed by atoms with Gasteiger partial charge in [0.1, 0.15) is 5.75 Å². The van der Waals surface area contributed by atoms with Crippen molar-refractivity contribution in [3.8, 4) is 5.75 Å². The third kappa shape index (κ3) is 5.02. The first-order valence-electron chi connectivity index (χ1n) is 4.91. The first-order valence-corrected chi connectivity index (χ1v) is 4.91. The van der Waals surface area contributed by atoms with Gasteiger partial charge < -0.3 is 10.1 Å². The molecule has 0 saturated heterocycles. The maximum Gasteiger partial charge on any atom is 0.390 e. The molecule has 1 N–H and O–H groups in total. The van der Waals surface area contributed by atoms with Crippen LogP contribution in [0.1, 0.15) is 12.0 Å². The second-order valence-electron chi connectivity index (χ2n) is 3.39. The van der Waals surface area contributed by atoms with Gasteiger partial charge in [-0.2, -0.15) is 13.2 Å². The summed E-state index contributed by atoms with van der Waals surface area (Å²) in [6, 6.07) is 7.22. The number of nitrogens with one attached hydrogen (secondary N) is 1. The van der Waals surface area contributed by atoms with Crippen molar-refractivity contribution in [3.05, 3.63) is 29.8 Å². The Morgan fingerprint density at radius 1 is 1.31 bits per heavy atom. The van der Waals surface area contributed by atoms with Crippen LogP contribution in [0.25, 0.3) is 0 Å². The highest BCUT2D eigenvalue weighted by Crippen LogP contribution is 2.18. The number of rotatable bonds is 5. The predicted octanol–water partition coefficient (Wildman–Crippen LogP) is 2.74. The maximum absolute atomic E-state index is 11.8. The van der Waals surface area contributed by atoms with Crippen molar-refractivity contribution >= 4 is 0 Å². The molecule has 0 spiro atoms. The highest BCUT2D eigenvalue weighted by molar-refractivity contribution is 5.28. The Morgan fingerprint density at radius 2 is 2.06 bits per heavy atom. The summed E-state index contributed by atoms with van der Waals surface area (Å²) >= 11 is 0. The lowest BCUT2D eigenvalue weighted by molar-refractivity contribution is -0.133. The van der Waals surface area contributed by atoms with Crippen molar-refractivity contribution in [3.63, 3.8) is 0 Å². The van der Waals surface area contributed by atoms with E-state index in [0.717, 1.165) is 5.56 Å². The maximum atomic E-state index is 11.8. The fourth-order valence-corrected chi connectivity index (χ4v) is 1.25. The molecule has 0 unspecified atom stereocenters. The summed E-state index contributed by atoms with van der Waals surface area (Å²) in [6.07, 6.45) is -4.90. The molecule has 2 nitrogen and oxygen atoms in total. The van der Waals surface area contributed by atoms with Crippen molar-refractivity contribution in [2.45, 2.75) is 19.1 Å². The minimum Gasteiger partial charge on any atom is -0.497 e. The third-order valence-electron chi connectivity index (χ3n) is 2.05. The zero-order valence-corrected chi connectivity index (χ0v) is 8.97. The highest BCUT2D eigenvalue weighted by Gasteiger charge is 2.25. The van der Waals surface area contributed by atoms with Gasteiger partial charge in [-0.3, -0.25) is 0 Å². The Morgan fingerprint density at radius 3 is 2.69 bits per heavy atom. The standard InChI is InChI=1S/C11H14F3NO/c1-16-10-4-2-3-9(7-10)8-15-6-5-11(12,13)14/h2-4,7,15H,5-6,8H2,1H3. The van der Waals surface area contributed by atoms with Crippen LogP contribution in [0.5, 0.6) is 5.75 Å². The average molecular weight is 233 g/mol. The van der Waals surface area contributed by atoms with Crippen LogP contribution in [0.2, 0.25) is 0 Å². The average Bonchev–Trinajstić information content (AvgIpc) is 2.23. The van der Waals surface area contributed by atoms with E-state index in [1.165, 1.54) is 0 Å². The van der Waals surface area contributed by atoms with E-state index >= 15 is 0 Å². The summed E-state index contributed by atoms with van der Waals surface area (Å²) in [5.74, 6) is 0.704. The number of hydrogen-bond acceptors (Lipinski definition) is 2. The number of alkyl halides is 3. The Labute approximate surface area is 92.4 Å². The fraction of sp³-hybridized carbons (Fsp3) is 0.455. The van der Waals surface area contributed by atoms with Crippen molar-refractivity contribution < 1.29 is 17.9 Å². The Bertz CT molecular complexity index is 325. The zero-order valence-electron chi connectivity index (χ0n) is 8.97. The van der Waals surface area contributed by atoms with Crippen LogP contribution in [0.15, 0.2) is 24.3 Å². The molecule has 5 heteroatoms. The molecule has 1 aromatic rings. The summed E-state index contributed by atoms with van der Waals surface area (Å²) in [7, 11) is 1.55. The minimum absolute atomic E-state index is 0.0687. The number of methoxy groups -OCH3 is 1. The number of ether oxygens (including phenoxy) is 1. The van der Waals surface area contributed by atoms with Crippen molar-refractivity contribution in [2.24, 2.45) is 0 Å². The Balaban J connectivity index is 2.32. The van der Waals surface area contributed by atoms with Crippen LogP contribution in [0.3, 0.4) is 0 Å². The SMILES string of the molecule is COc1cccc(CNCCC(F)(F)F)c1. The molecule has 0 aliphatic heterocycles. The van der Waals surface area contributed by atoms with E-state index in [1.807, 2.05) is 6.07 Å². The van der Waals surface area contributed by atoms with Crippen LogP contribution in [0.4, 0.5) is 13.2 Å². The molecule has 0 aliphatic rings. The van der Waals surface area contributed by atoms with Crippen LogP contribution in [0, 0.1) is 0 Å². The molecular formula is C11H14F3NO. The van der Waals surface area contributed by atoms with Gasteiger partial charge in [0, 0.05) is 13.1 Å². The molecule has 0 fully saturated rings. The van der Waals surface area contributed by atoms with E-state index < -0.39 is 12.6 Å². The largest absolute Gasteiger partial charge is 0.497 e. The summed E-state index contributed by atoms with van der Waals surface area (Å²) in [4.78, 5) is 0. The molecule has 1 rings (SSSR count). The van der Waals surface area contributed by atoms with Gasteiger partial charge in [0.2, 0.25) is 0 Å². The van der Waals surface area contributed by atoms with Crippen LogP contribution < -0.4 is 10.1 Å². The lowest BCUT2D eigenvalue weighted by atomic mass is 10.2. The summed E-state index contributed by atoms with van der Waals surface area (Å²) in [6.45, 7) is 0.341. The second kappa shape index (κ2) is 5.75. The molecule has 16 heavy (non-hydrogen) atoms. The topological polar surface area (TPSA) is 21.3 Å². The Kier molecular flexibility index (Phi) is 4.61. The number of hydrogen-bond donors (Lipinski definition) is 1. The molecular weight excluding hydrogens is 219 g/mol. The van der Waals surface area contributed by atoms with E-state index in [-0.39, 0.29) is 6.54 Å². The van der Waals surface area contributed by atoms with Gasteiger partial charge in [0.15, 0.2) is 0 Å². The van der Waals surface area contributed by atoms with Gasteiger partial charge >= 0.3 is 6.18 Å². The van der Waals surface area contributed by atoms with Crippen molar-refractivity contribution in [1.29, 1.82) is 0 Å². The molecule has 0 amide bonds. The molecule has 0 bridgehead atoms. The van der Waals surface area contributed by atoms with Gasteiger partial charge in [0.05, 0.1) is 13.5 Å². The number of halogens is 3. The third-order valence-corrected chi connectivity index (χ3v) is 2.05. The van der Waals surface area contributed by atoms with Crippen molar-refractivity contribution in [2.75, 3.05) is 13.7 Å². The molecule has 90 valence electrons. The normalized spacial score (nSPS) is 11.5. The van der Waals surface area contributed by atoms with Gasteiger partial charge in [-0.1, -0.05) is 12.1 Å². The van der Waals surface area contributed by atoms with Gasteiger partial charge in [-0.15, -0.1) is 0 Å². The number of benzene rings is 1. The zero-order chi connectivity index (χ0) is 12.0. The summed E-state index contributed by atoms with van der Waals surface area (Å²) in [5.41, 5.74) is 0.904. The predicted molar refractivity (Wildman–Crippen MR) is 55.4 cm³/mol. The quantitative estimate of drug-likeness (QED) is 0.789. The first kappa shape index (κ1) is 12.8. The van der Waals surface area contributed by atoms with Gasteiger partial charge in [-0.05, 0) is 17.7 Å². The monoisotopic (exact) mass is 233 g/mol. The van der Waals surface area contributed by atoms with Gasteiger partial charge in [-0.25, -0.2) is 0 Å². The van der Waals surface area contributed by atoms with E-state index in [4.69, 9.17) is 4.74 Å². The Hall–Kier alpha value is -1.23. The van der Waals surface area contributed by atoms with Crippen LogP contribution >= 0.6 is 0 Å². The molecule has 0 atom stereocenters. The van der Waals surface area contributed by atoms with Crippen LogP contribution in [-0.2, 0) is 6.54 Å². The van der Waals surface area contributed by atoms with Crippen LogP contribution in [-0.4, -0.2) is 19.8 Å². The molecule has 0 heterocycles. The van der Waals surface area contributed by atoms with Crippen molar-refractivity contribution in [1.82, 2.24) is 5.32 Å². The highest BCUT2D eigenvalue weighted by atomic mass is 19.4. The lowest BCUT2D eigenvalue weighted by Crippen LogP contribution is -2.21. The molecule has 0 saturated carbocycles. The first-order chi connectivity index (χ1) is 7.51. The minimum atomic E-state index is -4.10. The smallest absolute Gasteiger partial charge is 0.390 e. The lowest BCUT2D eigenvalue weighted by Gasteiger charge is -2.08. The van der Waals surface area contributed by atoms with E-state index in [1.54, 1.807) is 25.3 Å². The van der Waals surface area contributed by atoms with E-state index in [2.05, 4.69) is 5.32 Å². The summed E-state index contributed by atoms with van der Waals surface area (Å²) in [5, 5.41) is 2.73. The summed E-state index contributed by atoms with van der Waals surface area (Å²) < 4.78 is 40.5. The second-order valence-corrected chi connectivity index (χ2v) is 3.39. The fourth-order valence-electron chi connectivity index (χ4n) is 1.25. The molecule has 0 radical (unpaired) electrons. The molecule has 1 aromatic carbocycles. The molecule has 0 aliphatic carbocycles. The van der Waals surface area contributed by atoms with E-state index in [0.29, 0.717) is 12.3 Å². The van der Waals surface area contributed by atoms with Gasteiger partial charge in [0.25, 0.3) is 0 Å².